The van der Waals surface area contributed by atoms with Crippen molar-refractivity contribution >= 4 is 22.8 Å². The molecule has 2 atom stereocenters. The van der Waals surface area contributed by atoms with Crippen molar-refractivity contribution in [1.82, 2.24) is 20.2 Å². The number of fused-ring (bicyclic) bond motifs is 1. The van der Waals surface area contributed by atoms with Gasteiger partial charge in [-0.2, -0.15) is 15.1 Å². The van der Waals surface area contributed by atoms with Gasteiger partial charge in [0.15, 0.2) is 5.65 Å². The lowest BCUT2D eigenvalue weighted by atomic mass is 9.97. The van der Waals surface area contributed by atoms with Crippen LogP contribution in [-0.4, -0.2) is 26.2 Å². The molecule has 4 N–H and O–H groups in total. The van der Waals surface area contributed by atoms with Gasteiger partial charge >= 0.3 is 0 Å². The SMILES string of the molecule is CC1CCCCCC1Nc1nc(N)nc2[nH]ncc12. The zero-order valence-electron chi connectivity index (χ0n) is 11.2. The Morgan fingerprint density at radius 1 is 1.26 bits per heavy atom. The zero-order chi connectivity index (χ0) is 13.2. The average Bonchev–Trinajstić information content (AvgIpc) is 2.75. The Labute approximate surface area is 112 Å². The first kappa shape index (κ1) is 12.2. The fourth-order valence-corrected chi connectivity index (χ4v) is 2.85. The maximum atomic E-state index is 5.74. The third-order valence-electron chi connectivity index (χ3n) is 4.01. The normalized spacial score (nSPS) is 24.3. The molecule has 102 valence electrons. The predicted molar refractivity (Wildman–Crippen MR) is 75.8 cm³/mol. The second-order valence-electron chi connectivity index (χ2n) is 5.43. The third-order valence-corrected chi connectivity index (χ3v) is 4.01. The number of anilines is 2. The first-order valence-electron chi connectivity index (χ1n) is 6.97. The number of nitrogen functional groups attached to an aromatic ring is 1. The molecule has 0 amide bonds. The molecular formula is C13H20N6. The summed E-state index contributed by atoms with van der Waals surface area (Å²) in [4.78, 5) is 8.46. The van der Waals surface area contributed by atoms with Crippen LogP contribution < -0.4 is 11.1 Å². The molecule has 0 bridgehead atoms. The van der Waals surface area contributed by atoms with Gasteiger partial charge in [-0.1, -0.05) is 26.2 Å². The molecule has 2 aromatic rings. The van der Waals surface area contributed by atoms with Crippen LogP contribution in [-0.2, 0) is 0 Å². The number of hydrogen-bond donors (Lipinski definition) is 3. The largest absolute Gasteiger partial charge is 0.368 e. The maximum Gasteiger partial charge on any atom is 0.224 e. The van der Waals surface area contributed by atoms with E-state index in [2.05, 4.69) is 32.4 Å². The van der Waals surface area contributed by atoms with Crippen molar-refractivity contribution < 1.29 is 0 Å². The first-order chi connectivity index (χ1) is 9.24. The number of nitrogens with one attached hydrogen (secondary N) is 2. The Kier molecular flexibility index (Phi) is 3.23. The molecular weight excluding hydrogens is 240 g/mol. The van der Waals surface area contributed by atoms with Crippen LogP contribution in [0.25, 0.3) is 11.0 Å². The van der Waals surface area contributed by atoms with Gasteiger partial charge in [0.05, 0.1) is 11.6 Å². The lowest BCUT2D eigenvalue weighted by Gasteiger charge is -2.23. The van der Waals surface area contributed by atoms with Crippen molar-refractivity contribution in [3.8, 4) is 0 Å². The Balaban J connectivity index is 1.89. The summed E-state index contributed by atoms with van der Waals surface area (Å²) >= 11 is 0. The number of aromatic nitrogens is 4. The molecule has 0 aliphatic heterocycles. The van der Waals surface area contributed by atoms with Crippen LogP contribution in [0.3, 0.4) is 0 Å². The van der Waals surface area contributed by atoms with Gasteiger partial charge in [-0.3, -0.25) is 5.10 Å². The van der Waals surface area contributed by atoms with E-state index in [0.29, 0.717) is 17.6 Å². The summed E-state index contributed by atoms with van der Waals surface area (Å²) in [6.45, 7) is 2.31. The number of aromatic amines is 1. The Morgan fingerprint density at radius 3 is 3.00 bits per heavy atom. The van der Waals surface area contributed by atoms with Crippen molar-refractivity contribution in [1.29, 1.82) is 0 Å². The van der Waals surface area contributed by atoms with Gasteiger partial charge in [-0.25, -0.2) is 0 Å². The van der Waals surface area contributed by atoms with E-state index in [1.165, 1.54) is 32.1 Å². The molecule has 2 heterocycles. The molecule has 1 fully saturated rings. The Morgan fingerprint density at radius 2 is 2.11 bits per heavy atom. The van der Waals surface area contributed by atoms with Crippen molar-refractivity contribution in [2.45, 2.75) is 45.1 Å². The van der Waals surface area contributed by atoms with E-state index in [-0.39, 0.29) is 5.95 Å². The smallest absolute Gasteiger partial charge is 0.224 e. The summed E-state index contributed by atoms with van der Waals surface area (Å²) in [5, 5.41) is 11.3. The van der Waals surface area contributed by atoms with Crippen LogP contribution in [0.2, 0.25) is 0 Å². The first-order valence-corrected chi connectivity index (χ1v) is 6.97. The summed E-state index contributed by atoms with van der Waals surface area (Å²) in [6.07, 6.45) is 8.13. The van der Waals surface area contributed by atoms with E-state index in [4.69, 9.17) is 5.73 Å². The maximum absolute atomic E-state index is 5.74. The van der Waals surface area contributed by atoms with Gasteiger partial charge in [0, 0.05) is 6.04 Å². The molecule has 6 heteroatoms. The van der Waals surface area contributed by atoms with E-state index in [0.717, 1.165) is 11.2 Å². The fourth-order valence-electron chi connectivity index (χ4n) is 2.85. The van der Waals surface area contributed by atoms with Crippen LogP contribution >= 0.6 is 0 Å². The second kappa shape index (κ2) is 5.03. The summed E-state index contributed by atoms with van der Waals surface area (Å²) < 4.78 is 0. The number of H-pyrrole nitrogens is 1. The number of hydrogen-bond acceptors (Lipinski definition) is 5. The van der Waals surface area contributed by atoms with Gasteiger partial charge in [-0.15, -0.1) is 0 Å². The third kappa shape index (κ3) is 2.47. The molecule has 0 radical (unpaired) electrons. The highest BCUT2D eigenvalue weighted by Crippen LogP contribution is 2.27. The van der Waals surface area contributed by atoms with Crippen LogP contribution in [0.15, 0.2) is 6.20 Å². The van der Waals surface area contributed by atoms with Crippen molar-refractivity contribution in [3.63, 3.8) is 0 Å². The molecule has 2 aromatic heterocycles. The van der Waals surface area contributed by atoms with Gasteiger partial charge in [-0.05, 0) is 18.8 Å². The van der Waals surface area contributed by atoms with Gasteiger partial charge < -0.3 is 11.1 Å². The van der Waals surface area contributed by atoms with Crippen molar-refractivity contribution in [2.75, 3.05) is 11.1 Å². The van der Waals surface area contributed by atoms with Crippen molar-refractivity contribution in [3.05, 3.63) is 6.20 Å². The van der Waals surface area contributed by atoms with E-state index in [1.807, 2.05) is 0 Å². The predicted octanol–water partition coefficient (Wildman–Crippen LogP) is 2.32. The van der Waals surface area contributed by atoms with E-state index >= 15 is 0 Å². The molecule has 0 aromatic carbocycles. The molecule has 0 saturated heterocycles. The van der Waals surface area contributed by atoms with E-state index in [9.17, 15) is 0 Å². The number of nitrogens with two attached hydrogens (primary N) is 1. The van der Waals surface area contributed by atoms with Crippen LogP contribution in [0, 0.1) is 5.92 Å². The van der Waals surface area contributed by atoms with Crippen LogP contribution in [0.1, 0.15) is 39.0 Å². The summed E-state index contributed by atoms with van der Waals surface area (Å²) in [7, 11) is 0. The number of nitrogens with zero attached hydrogens (tertiary/aromatic N) is 3. The van der Waals surface area contributed by atoms with Crippen LogP contribution in [0.5, 0.6) is 0 Å². The molecule has 3 rings (SSSR count). The fraction of sp³-hybridized carbons (Fsp3) is 0.615. The average molecular weight is 260 g/mol. The monoisotopic (exact) mass is 260 g/mol. The van der Waals surface area contributed by atoms with E-state index < -0.39 is 0 Å². The van der Waals surface area contributed by atoms with Gasteiger partial charge in [0.1, 0.15) is 5.82 Å². The quantitative estimate of drug-likeness (QED) is 0.721. The van der Waals surface area contributed by atoms with Gasteiger partial charge in [0.2, 0.25) is 5.95 Å². The highest BCUT2D eigenvalue weighted by atomic mass is 15.2. The molecule has 1 aliphatic carbocycles. The summed E-state index contributed by atoms with van der Waals surface area (Å²) in [5.41, 5.74) is 6.44. The van der Waals surface area contributed by atoms with Crippen molar-refractivity contribution in [2.24, 2.45) is 5.92 Å². The Hall–Kier alpha value is -1.85. The topological polar surface area (TPSA) is 92.5 Å². The molecule has 0 spiro atoms. The van der Waals surface area contributed by atoms with E-state index in [1.54, 1.807) is 6.20 Å². The van der Waals surface area contributed by atoms with Crippen LogP contribution in [0.4, 0.5) is 11.8 Å². The minimum absolute atomic E-state index is 0.278. The summed E-state index contributed by atoms with van der Waals surface area (Å²) in [5.74, 6) is 1.73. The lowest BCUT2D eigenvalue weighted by molar-refractivity contribution is 0.456. The minimum Gasteiger partial charge on any atom is -0.368 e. The molecule has 19 heavy (non-hydrogen) atoms. The second-order valence-corrected chi connectivity index (χ2v) is 5.43. The standard InChI is InChI=1S/C13H20N6/c1-8-5-3-2-4-6-10(8)16-11-9-7-15-19-12(9)18-13(14)17-11/h7-8,10H,2-6H2,1H3,(H4,14,15,16,17,18,19). The highest BCUT2D eigenvalue weighted by molar-refractivity contribution is 5.86. The lowest BCUT2D eigenvalue weighted by Crippen LogP contribution is -2.27. The minimum atomic E-state index is 0.278. The molecule has 2 unspecified atom stereocenters. The van der Waals surface area contributed by atoms with Gasteiger partial charge in [0.25, 0.3) is 0 Å². The molecule has 6 nitrogen and oxygen atoms in total. The number of rotatable bonds is 2. The highest BCUT2D eigenvalue weighted by Gasteiger charge is 2.21. The molecule has 1 saturated carbocycles. The molecule has 1 aliphatic rings. The Bertz CT molecular complexity index is 563. The summed E-state index contributed by atoms with van der Waals surface area (Å²) in [6, 6.07) is 0.454. The zero-order valence-corrected chi connectivity index (χ0v) is 11.2.